The fourth-order valence-electron chi connectivity index (χ4n) is 0.517. The molecule has 0 saturated carbocycles. The van der Waals surface area contributed by atoms with Crippen molar-refractivity contribution in [2.45, 2.75) is 0 Å². The van der Waals surface area contributed by atoms with Gasteiger partial charge in [0.2, 0.25) is 0 Å². The molecule has 0 amide bonds. The van der Waals surface area contributed by atoms with E-state index < -0.39 is 0 Å². The van der Waals surface area contributed by atoms with Crippen LogP contribution < -0.4 is 2.81 Å². The summed E-state index contributed by atoms with van der Waals surface area (Å²) in [5, 5.41) is 0.697. The van der Waals surface area contributed by atoms with Crippen LogP contribution in [-0.2, 0) is 0 Å². The van der Waals surface area contributed by atoms with E-state index in [9.17, 15) is 0 Å². The number of aromatic nitrogens is 1. The molecule has 1 aromatic rings. The van der Waals surface area contributed by atoms with Crippen LogP contribution in [0.1, 0.15) is 0 Å². The topological polar surface area (TPSA) is 12.9 Å². The molecule has 42 valence electrons. The van der Waals surface area contributed by atoms with Gasteiger partial charge in [-0.1, -0.05) is 0 Å². The number of nitrogens with zero attached hydrogens (tertiary/aromatic N) is 1. The third-order valence-electron chi connectivity index (χ3n) is 0.933. The average molecular weight is 214 g/mol. The number of hydrogen-bond acceptors (Lipinski definition) is 1. The Morgan fingerprint density at radius 1 is 1.67 bits per heavy atom. The number of pyridine rings is 1. The molecule has 0 aliphatic heterocycles. The van der Waals surface area contributed by atoms with Gasteiger partial charge in [-0.3, -0.25) is 0 Å². The van der Waals surface area contributed by atoms with Crippen LogP contribution in [-0.4, -0.2) is 32.9 Å². The van der Waals surface area contributed by atoms with Gasteiger partial charge in [0, 0.05) is 0 Å². The first-order chi connectivity index (χ1) is 4.20. The first-order valence-corrected chi connectivity index (χ1v) is 4.65. The van der Waals surface area contributed by atoms with Gasteiger partial charge in [0.25, 0.3) is 0 Å². The standard InChI is InChI=1S/C5H2BrClN.Na/c6-5-4(7)2-1-3-8-5;/h2-3H;. The van der Waals surface area contributed by atoms with Crippen molar-refractivity contribution in [3.05, 3.63) is 21.9 Å². The molecule has 0 fully saturated rings. The van der Waals surface area contributed by atoms with E-state index in [-0.39, 0.29) is 0 Å². The minimum atomic E-state index is 0.697. The molecule has 0 bridgehead atoms. The molecule has 1 nitrogen and oxygen atoms in total. The molecule has 0 atom stereocenters. The molecule has 0 radical (unpaired) electrons. The van der Waals surface area contributed by atoms with Crippen molar-refractivity contribution in [2.24, 2.45) is 0 Å². The Morgan fingerprint density at radius 3 is 2.78 bits per heavy atom. The van der Waals surface area contributed by atoms with Gasteiger partial charge in [-0.25, -0.2) is 0 Å². The molecule has 1 rings (SSSR count). The van der Waals surface area contributed by atoms with Gasteiger partial charge in [-0.05, 0) is 0 Å². The van der Waals surface area contributed by atoms with Crippen LogP contribution >= 0.6 is 27.5 Å². The second-order valence-electron chi connectivity index (χ2n) is 1.79. The van der Waals surface area contributed by atoms with E-state index in [4.69, 9.17) is 11.6 Å². The molecule has 1 heterocycles. The van der Waals surface area contributed by atoms with Crippen LogP contribution in [0, 0.1) is 0 Å². The van der Waals surface area contributed by atoms with E-state index in [1.54, 1.807) is 0 Å². The van der Waals surface area contributed by atoms with E-state index in [1.807, 2.05) is 12.3 Å². The molecule has 1 aromatic heterocycles. The summed E-state index contributed by atoms with van der Waals surface area (Å²) in [6.45, 7) is 0. The zero-order valence-electron chi connectivity index (χ0n) is 4.86. The van der Waals surface area contributed by atoms with Gasteiger partial charge >= 0.3 is 85.1 Å². The Labute approximate surface area is 84.4 Å². The summed E-state index contributed by atoms with van der Waals surface area (Å²) in [6.07, 6.45) is 1.82. The van der Waals surface area contributed by atoms with Crippen LogP contribution in [0.15, 0.2) is 16.9 Å². The third-order valence-corrected chi connectivity index (χ3v) is 2.63. The first-order valence-electron chi connectivity index (χ1n) is 2.48. The maximum absolute atomic E-state index is 5.73. The molecule has 0 aromatic carbocycles. The monoisotopic (exact) mass is 213 g/mol. The van der Waals surface area contributed by atoms with Crippen molar-refractivity contribution < 1.29 is 0 Å². The Balaban J connectivity index is 3.17. The number of halogens is 2. The molecule has 4 heteroatoms. The summed E-state index contributed by atoms with van der Waals surface area (Å²) in [7, 11) is 0. The normalized spacial score (nSPS) is 9.78. The first kappa shape index (κ1) is 8.02. The van der Waals surface area contributed by atoms with Gasteiger partial charge in [-0.15, -0.1) is 0 Å². The average Bonchev–Trinajstić information content (AvgIpc) is 1.80. The summed E-state index contributed by atoms with van der Waals surface area (Å²) < 4.78 is 1.94. The van der Waals surface area contributed by atoms with E-state index in [0.717, 1.165) is 32.5 Å². The number of rotatable bonds is 0. The van der Waals surface area contributed by atoms with Crippen LogP contribution in [0.5, 0.6) is 0 Å². The molecule has 9 heavy (non-hydrogen) atoms. The molecular weight excluding hydrogens is 212 g/mol. The van der Waals surface area contributed by atoms with Gasteiger partial charge in [0.1, 0.15) is 0 Å². The molecule has 0 N–H and O–H groups in total. The third kappa shape index (κ3) is 2.20. The summed E-state index contributed by atoms with van der Waals surface area (Å²) in [4.78, 5) is 4.00. The van der Waals surface area contributed by atoms with Gasteiger partial charge in [0.15, 0.2) is 0 Å². The van der Waals surface area contributed by atoms with Crippen molar-refractivity contribution in [3.63, 3.8) is 0 Å². The van der Waals surface area contributed by atoms with Crippen molar-refractivity contribution in [1.29, 1.82) is 0 Å². The fourth-order valence-corrected chi connectivity index (χ4v) is 1.56. The summed E-state index contributed by atoms with van der Waals surface area (Å²) in [6, 6.07) is 1.92. The fraction of sp³-hybridized carbons (Fsp3) is 0. The van der Waals surface area contributed by atoms with E-state index in [2.05, 4.69) is 20.9 Å². The van der Waals surface area contributed by atoms with Crippen molar-refractivity contribution >= 4 is 58.3 Å². The molecule has 0 unspecified atom stereocenters. The molecule has 0 aliphatic carbocycles. The Morgan fingerprint density at radius 2 is 2.33 bits per heavy atom. The van der Waals surface area contributed by atoms with E-state index in [0.29, 0.717) is 5.02 Å². The molecular formula is C5H2BrClNNa. The minimum absolute atomic E-state index is 0.697. The second-order valence-corrected chi connectivity index (χ2v) is 4.10. The Hall–Kier alpha value is 0.920. The SMILES string of the molecule is [Na][c]1cnc(Br)c(Cl)c1. The predicted octanol–water partition coefficient (Wildman–Crippen LogP) is 1.29. The Kier molecular flexibility index (Phi) is 2.99. The molecule has 0 spiro atoms. The van der Waals surface area contributed by atoms with Crippen molar-refractivity contribution in [2.75, 3.05) is 0 Å². The van der Waals surface area contributed by atoms with Crippen LogP contribution in [0.3, 0.4) is 0 Å². The number of hydrogen-bond donors (Lipinski definition) is 0. The van der Waals surface area contributed by atoms with Crippen molar-refractivity contribution in [1.82, 2.24) is 4.98 Å². The van der Waals surface area contributed by atoms with Gasteiger partial charge in [-0.2, -0.15) is 0 Å². The predicted molar refractivity (Wildman–Crippen MR) is 42.3 cm³/mol. The van der Waals surface area contributed by atoms with Crippen LogP contribution in [0.4, 0.5) is 0 Å². The summed E-state index contributed by atoms with van der Waals surface area (Å²) in [5.74, 6) is 0. The molecule has 0 aliphatic rings. The Bertz CT molecular complexity index is 228. The second kappa shape index (κ2) is 3.35. The van der Waals surface area contributed by atoms with Gasteiger partial charge in [0.05, 0.1) is 0 Å². The van der Waals surface area contributed by atoms with Crippen molar-refractivity contribution in [3.8, 4) is 0 Å². The zero-order valence-corrected chi connectivity index (χ0v) is 9.20. The summed E-state index contributed by atoms with van der Waals surface area (Å²) in [5.41, 5.74) is 0. The van der Waals surface area contributed by atoms with E-state index >= 15 is 0 Å². The van der Waals surface area contributed by atoms with Gasteiger partial charge < -0.3 is 0 Å². The molecule has 0 saturated heterocycles. The zero-order chi connectivity index (χ0) is 6.85. The van der Waals surface area contributed by atoms with Crippen LogP contribution in [0.2, 0.25) is 5.02 Å². The maximum atomic E-state index is 5.73. The summed E-state index contributed by atoms with van der Waals surface area (Å²) >= 11 is 9.93. The van der Waals surface area contributed by atoms with Crippen LogP contribution in [0.25, 0.3) is 0 Å². The quantitative estimate of drug-likeness (QED) is 0.468. The van der Waals surface area contributed by atoms with E-state index in [1.165, 1.54) is 2.81 Å².